The fourth-order valence-electron chi connectivity index (χ4n) is 1.96. The lowest BCUT2D eigenvalue weighted by Gasteiger charge is -2.04. The molecule has 1 aromatic heterocycles. The fourth-order valence-corrected chi connectivity index (χ4v) is 2.74. The maximum absolute atomic E-state index is 11.8. The summed E-state index contributed by atoms with van der Waals surface area (Å²) in [6.45, 7) is 0. The highest BCUT2D eigenvalue weighted by molar-refractivity contribution is 7.99. The summed E-state index contributed by atoms with van der Waals surface area (Å²) in [5, 5.41) is 8.03. The van der Waals surface area contributed by atoms with Crippen molar-refractivity contribution in [2.24, 2.45) is 19.2 Å². The van der Waals surface area contributed by atoms with E-state index in [4.69, 9.17) is 0 Å². The van der Waals surface area contributed by atoms with Crippen molar-refractivity contribution in [1.29, 1.82) is 0 Å². The molecular formula is C12H17N5O3S. The Bertz CT molecular complexity index is 683. The molecule has 0 spiro atoms. The van der Waals surface area contributed by atoms with Crippen LogP contribution in [0.25, 0.3) is 0 Å². The SMILES string of the molecule is Cn1nc(SCC(=O)NN=C2CCCC2)c(=O)n(C)c1=O. The molecule has 0 atom stereocenters. The highest BCUT2D eigenvalue weighted by Crippen LogP contribution is 2.14. The second-order valence-electron chi connectivity index (χ2n) is 4.78. The van der Waals surface area contributed by atoms with Crippen LogP contribution in [-0.2, 0) is 18.9 Å². The Morgan fingerprint density at radius 1 is 1.33 bits per heavy atom. The second kappa shape index (κ2) is 6.70. The van der Waals surface area contributed by atoms with Crippen LogP contribution in [0.3, 0.4) is 0 Å². The van der Waals surface area contributed by atoms with Crippen LogP contribution in [0.5, 0.6) is 0 Å². The van der Waals surface area contributed by atoms with Crippen LogP contribution in [0.4, 0.5) is 0 Å². The molecule has 1 saturated carbocycles. The van der Waals surface area contributed by atoms with Crippen molar-refractivity contribution in [1.82, 2.24) is 19.8 Å². The molecule has 0 aromatic carbocycles. The van der Waals surface area contributed by atoms with Crippen LogP contribution in [0.2, 0.25) is 0 Å². The molecule has 1 fully saturated rings. The summed E-state index contributed by atoms with van der Waals surface area (Å²) in [6, 6.07) is 0. The molecule has 1 aliphatic rings. The van der Waals surface area contributed by atoms with Gasteiger partial charge in [0.05, 0.1) is 5.75 Å². The van der Waals surface area contributed by atoms with Crippen LogP contribution < -0.4 is 16.7 Å². The van der Waals surface area contributed by atoms with Gasteiger partial charge >= 0.3 is 5.69 Å². The van der Waals surface area contributed by atoms with Gasteiger partial charge in [-0.2, -0.15) is 10.2 Å². The van der Waals surface area contributed by atoms with E-state index in [-0.39, 0.29) is 16.7 Å². The van der Waals surface area contributed by atoms with Gasteiger partial charge < -0.3 is 0 Å². The van der Waals surface area contributed by atoms with Crippen LogP contribution in [0.15, 0.2) is 19.7 Å². The maximum Gasteiger partial charge on any atom is 0.346 e. The molecule has 1 N–H and O–H groups in total. The third kappa shape index (κ3) is 3.81. The summed E-state index contributed by atoms with van der Waals surface area (Å²) in [5.74, 6) is -0.269. The first-order valence-electron chi connectivity index (χ1n) is 6.60. The molecule has 1 amide bonds. The molecule has 1 aromatic rings. The van der Waals surface area contributed by atoms with E-state index in [0.717, 1.165) is 52.4 Å². The zero-order chi connectivity index (χ0) is 15.4. The van der Waals surface area contributed by atoms with Gasteiger partial charge in [-0.3, -0.25) is 14.2 Å². The maximum atomic E-state index is 11.8. The zero-order valence-electron chi connectivity index (χ0n) is 12.0. The Morgan fingerprint density at radius 2 is 2.00 bits per heavy atom. The first-order chi connectivity index (χ1) is 9.99. The first kappa shape index (κ1) is 15.5. The molecule has 0 saturated heterocycles. The topological polar surface area (TPSA) is 98.3 Å². The number of aromatic nitrogens is 3. The monoisotopic (exact) mass is 311 g/mol. The molecule has 9 heteroatoms. The van der Waals surface area contributed by atoms with Gasteiger partial charge in [-0.15, -0.1) is 0 Å². The third-order valence-corrected chi connectivity index (χ3v) is 4.09. The molecule has 1 aliphatic carbocycles. The van der Waals surface area contributed by atoms with Gasteiger partial charge in [-0.1, -0.05) is 11.8 Å². The molecule has 21 heavy (non-hydrogen) atoms. The van der Waals surface area contributed by atoms with Crippen molar-refractivity contribution in [3.05, 3.63) is 20.8 Å². The number of carbonyl (C=O) groups excluding carboxylic acids is 1. The largest absolute Gasteiger partial charge is 0.346 e. The smallest absolute Gasteiger partial charge is 0.272 e. The number of carbonyl (C=O) groups is 1. The third-order valence-electron chi connectivity index (χ3n) is 3.15. The van der Waals surface area contributed by atoms with Gasteiger partial charge in [0.2, 0.25) is 5.91 Å². The van der Waals surface area contributed by atoms with Crippen LogP contribution >= 0.6 is 11.8 Å². The lowest BCUT2D eigenvalue weighted by Crippen LogP contribution is -2.39. The molecule has 0 unspecified atom stereocenters. The van der Waals surface area contributed by atoms with Gasteiger partial charge in [0.15, 0.2) is 5.03 Å². The van der Waals surface area contributed by atoms with Crippen molar-refractivity contribution in [3.63, 3.8) is 0 Å². The van der Waals surface area contributed by atoms with E-state index in [1.165, 1.54) is 14.1 Å². The van der Waals surface area contributed by atoms with Crippen LogP contribution in [0, 0.1) is 0 Å². The standard InChI is InChI=1S/C12H17N5O3S/c1-16-11(19)10(15-17(2)12(16)20)21-7-9(18)14-13-8-5-3-4-6-8/h3-7H2,1-2H3,(H,14,18). The molecule has 114 valence electrons. The predicted molar refractivity (Wildman–Crippen MR) is 79.5 cm³/mol. The minimum Gasteiger partial charge on any atom is -0.272 e. The Balaban J connectivity index is 1.97. The molecule has 0 bridgehead atoms. The average Bonchev–Trinajstić information content (AvgIpc) is 2.98. The Labute approximate surface area is 125 Å². The number of nitrogens with zero attached hydrogens (tertiary/aromatic N) is 4. The number of amides is 1. The lowest BCUT2D eigenvalue weighted by molar-refractivity contribution is -0.118. The summed E-state index contributed by atoms with van der Waals surface area (Å²) >= 11 is 0.989. The summed E-state index contributed by atoms with van der Waals surface area (Å²) in [4.78, 5) is 35.0. The van der Waals surface area contributed by atoms with Crippen molar-refractivity contribution >= 4 is 23.4 Å². The summed E-state index contributed by atoms with van der Waals surface area (Å²) < 4.78 is 2.03. The number of aryl methyl sites for hydroxylation is 1. The molecule has 8 nitrogen and oxygen atoms in total. The highest BCUT2D eigenvalue weighted by Gasteiger charge is 2.12. The molecule has 0 aliphatic heterocycles. The molecule has 0 radical (unpaired) electrons. The van der Waals surface area contributed by atoms with Crippen molar-refractivity contribution in [2.45, 2.75) is 30.7 Å². The van der Waals surface area contributed by atoms with Crippen molar-refractivity contribution in [2.75, 3.05) is 5.75 Å². The molecular weight excluding hydrogens is 294 g/mol. The number of nitrogens with one attached hydrogen (secondary N) is 1. The van der Waals surface area contributed by atoms with E-state index < -0.39 is 11.2 Å². The minimum atomic E-state index is -0.502. The van der Waals surface area contributed by atoms with Gasteiger partial charge in [-0.25, -0.2) is 14.9 Å². The quantitative estimate of drug-likeness (QED) is 0.603. The number of hydrogen-bond donors (Lipinski definition) is 1. The summed E-state index contributed by atoms with van der Waals surface area (Å²) in [7, 11) is 2.83. The molecule has 2 rings (SSSR count). The minimum absolute atomic E-state index is 0.0250. The van der Waals surface area contributed by atoms with E-state index in [0.29, 0.717) is 0 Å². The fraction of sp³-hybridized carbons (Fsp3) is 0.583. The number of rotatable bonds is 4. The van der Waals surface area contributed by atoms with E-state index in [1.807, 2.05) is 0 Å². The predicted octanol–water partition coefficient (Wildman–Crippen LogP) is -0.383. The van der Waals surface area contributed by atoms with Gasteiger partial charge in [0.1, 0.15) is 0 Å². The van der Waals surface area contributed by atoms with E-state index in [2.05, 4.69) is 15.6 Å². The van der Waals surface area contributed by atoms with Crippen LogP contribution in [0.1, 0.15) is 25.7 Å². The normalized spacial score (nSPS) is 14.3. The number of hydrogen-bond acceptors (Lipinski definition) is 6. The number of hydrazone groups is 1. The Morgan fingerprint density at radius 3 is 2.67 bits per heavy atom. The summed E-state index contributed by atoms with van der Waals surface area (Å²) in [5.41, 5.74) is 2.48. The van der Waals surface area contributed by atoms with Gasteiger partial charge in [0.25, 0.3) is 5.56 Å². The van der Waals surface area contributed by atoms with E-state index in [1.54, 1.807) is 0 Å². The second-order valence-corrected chi connectivity index (χ2v) is 5.75. The van der Waals surface area contributed by atoms with Crippen molar-refractivity contribution < 1.29 is 4.79 Å². The number of thioether (sulfide) groups is 1. The summed E-state index contributed by atoms with van der Waals surface area (Å²) in [6.07, 6.45) is 4.08. The van der Waals surface area contributed by atoms with E-state index >= 15 is 0 Å². The van der Waals surface area contributed by atoms with Crippen molar-refractivity contribution in [3.8, 4) is 0 Å². The first-order valence-corrected chi connectivity index (χ1v) is 7.59. The van der Waals surface area contributed by atoms with Gasteiger partial charge in [-0.05, 0) is 25.7 Å². The highest BCUT2D eigenvalue weighted by atomic mass is 32.2. The lowest BCUT2D eigenvalue weighted by atomic mass is 10.3. The average molecular weight is 311 g/mol. The zero-order valence-corrected chi connectivity index (χ0v) is 12.8. The molecule has 1 heterocycles. The van der Waals surface area contributed by atoms with Gasteiger partial charge in [0, 0.05) is 19.8 Å². The Kier molecular flexibility index (Phi) is 4.94. The van der Waals surface area contributed by atoms with Crippen LogP contribution in [-0.4, -0.2) is 31.7 Å². The van der Waals surface area contributed by atoms with E-state index in [9.17, 15) is 14.4 Å². The Hall–Kier alpha value is -1.90.